The van der Waals surface area contributed by atoms with Crippen molar-refractivity contribution < 1.29 is 15.0 Å². The van der Waals surface area contributed by atoms with Crippen molar-refractivity contribution in [1.29, 1.82) is 0 Å². The minimum atomic E-state index is -0.375. The van der Waals surface area contributed by atoms with Gasteiger partial charge in [0.2, 0.25) is 0 Å². The largest absolute Gasteiger partial charge is 0.506 e. The fourth-order valence-corrected chi connectivity index (χ4v) is 1.86. The Morgan fingerprint density at radius 3 is 2.67 bits per heavy atom. The minimum absolute atomic E-state index is 0.0457. The zero-order chi connectivity index (χ0) is 13.7. The van der Waals surface area contributed by atoms with Gasteiger partial charge in [0, 0.05) is 12.1 Å². The fourth-order valence-electron chi connectivity index (χ4n) is 1.68. The number of carbonyl (C=O) groups is 1. The van der Waals surface area contributed by atoms with Crippen molar-refractivity contribution in [1.82, 2.24) is 5.32 Å². The summed E-state index contributed by atoms with van der Waals surface area (Å²) in [7, 11) is 0. The Morgan fingerprint density at radius 1 is 1.44 bits per heavy atom. The molecule has 1 aromatic rings. The highest BCUT2D eigenvalue weighted by atomic mass is 35.5. The van der Waals surface area contributed by atoms with E-state index in [1.165, 1.54) is 18.2 Å². The van der Waals surface area contributed by atoms with Crippen molar-refractivity contribution in [2.45, 2.75) is 26.4 Å². The van der Waals surface area contributed by atoms with Crippen molar-refractivity contribution in [2.75, 3.05) is 6.54 Å². The predicted molar refractivity (Wildman–Crippen MR) is 70.9 cm³/mol. The molecule has 0 spiro atoms. The molecule has 100 valence electrons. The first kappa shape index (κ1) is 14.8. The van der Waals surface area contributed by atoms with Gasteiger partial charge in [-0.3, -0.25) is 4.79 Å². The monoisotopic (exact) mass is 271 g/mol. The summed E-state index contributed by atoms with van der Waals surface area (Å²) in [6.07, 6.45) is 0.261. The molecular weight excluding hydrogens is 254 g/mol. The van der Waals surface area contributed by atoms with Gasteiger partial charge in [-0.05, 0) is 37.5 Å². The van der Waals surface area contributed by atoms with Crippen LogP contribution in [0.5, 0.6) is 5.75 Å². The van der Waals surface area contributed by atoms with Crippen molar-refractivity contribution in [3.05, 3.63) is 28.8 Å². The molecule has 0 aliphatic rings. The summed E-state index contributed by atoms with van der Waals surface area (Å²) in [5, 5.41) is 21.4. The van der Waals surface area contributed by atoms with E-state index in [2.05, 4.69) is 5.32 Å². The lowest BCUT2D eigenvalue weighted by Crippen LogP contribution is -2.29. The lowest BCUT2D eigenvalue weighted by atomic mass is 10.0. The Labute approximate surface area is 112 Å². The number of hydrogen-bond acceptors (Lipinski definition) is 3. The van der Waals surface area contributed by atoms with E-state index in [1.54, 1.807) is 6.92 Å². The quantitative estimate of drug-likeness (QED) is 0.769. The van der Waals surface area contributed by atoms with E-state index in [4.69, 9.17) is 11.6 Å². The summed E-state index contributed by atoms with van der Waals surface area (Å²) in [5.74, 6) is -0.0911. The van der Waals surface area contributed by atoms with Crippen LogP contribution >= 0.6 is 11.6 Å². The van der Waals surface area contributed by atoms with E-state index in [-0.39, 0.29) is 28.7 Å². The van der Waals surface area contributed by atoms with E-state index in [0.29, 0.717) is 18.5 Å². The third kappa shape index (κ3) is 4.55. The normalized spacial score (nSPS) is 14.0. The van der Waals surface area contributed by atoms with Gasteiger partial charge in [-0.25, -0.2) is 0 Å². The molecule has 2 unspecified atom stereocenters. The van der Waals surface area contributed by atoms with Crippen molar-refractivity contribution in [2.24, 2.45) is 5.92 Å². The van der Waals surface area contributed by atoms with Crippen LogP contribution in [0.15, 0.2) is 18.2 Å². The second-order valence-electron chi connectivity index (χ2n) is 4.57. The molecule has 0 aliphatic carbocycles. The average molecular weight is 272 g/mol. The maximum absolute atomic E-state index is 11.8. The molecule has 0 heterocycles. The Kier molecular flexibility index (Phi) is 5.44. The van der Waals surface area contributed by atoms with Crippen molar-refractivity contribution in [3.8, 4) is 5.75 Å². The van der Waals surface area contributed by atoms with Crippen molar-refractivity contribution >= 4 is 17.5 Å². The molecule has 3 N–H and O–H groups in total. The number of carbonyl (C=O) groups excluding carboxylic acids is 1. The molecule has 4 nitrogen and oxygen atoms in total. The summed E-state index contributed by atoms with van der Waals surface area (Å²) in [6, 6.07) is 4.32. The molecule has 5 heteroatoms. The first-order valence-electron chi connectivity index (χ1n) is 5.85. The number of aliphatic hydroxyl groups is 1. The van der Waals surface area contributed by atoms with Crippen LogP contribution in [0.4, 0.5) is 0 Å². The van der Waals surface area contributed by atoms with Crippen LogP contribution in [0.25, 0.3) is 0 Å². The number of benzene rings is 1. The maximum Gasteiger partial charge on any atom is 0.251 e. The summed E-state index contributed by atoms with van der Waals surface area (Å²) < 4.78 is 0. The number of aromatic hydroxyl groups is 1. The van der Waals surface area contributed by atoms with Gasteiger partial charge in [0.25, 0.3) is 5.91 Å². The molecule has 0 aromatic heterocycles. The standard InChI is InChI=1S/C13H18ClNO3/c1-8(5-9(2)16)7-15-13(18)10-3-4-12(17)11(14)6-10/h3-4,6,8-9,16-17H,5,7H2,1-2H3,(H,15,18). The summed E-state index contributed by atoms with van der Waals surface area (Å²) in [6.45, 7) is 4.16. The van der Waals surface area contributed by atoms with Crippen LogP contribution in [0.2, 0.25) is 5.02 Å². The topological polar surface area (TPSA) is 69.6 Å². The highest BCUT2D eigenvalue weighted by Crippen LogP contribution is 2.23. The van der Waals surface area contributed by atoms with Crippen LogP contribution in [0.1, 0.15) is 30.6 Å². The number of halogens is 1. The number of nitrogens with one attached hydrogen (secondary N) is 1. The van der Waals surface area contributed by atoms with Crippen molar-refractivity contribution in [3.63, 3.8) is 0 Å². The zero-order valence-corrected chi connectivity index (χ0v) is 11.2. The van der Waals surface area contributed by atoms with Gasteiger partial charge in [-0.1, -0.05) is 18.5 Å². The van der Waals surface area contributed by atoms with Crippen LogP contribution < -0.4 is 5.32 Å². The lowest BCUT2D eigenvalue weighted by Gasteiger charge is -2.14. The number of phenolic OH excluding ortho intramolecular Hbond substituents is 1. The van der Waals surface area contributed by atoms with Gasteiger partial charge in [0.15, 0.2) is 0 Å². The Morgan fingerprint density at radius 2 is 2.11 bits per heavy atom. The first-order valence-corrected chi connectivity index (χ1v) is 6.22. The van der Waals surface area contributed by atoms with Gasteiger partial charge in [-0.2, -0.15) is 0 Å². The smallest absolute Gasteiger partial charge is 0.251 e. The number of phenols is 1. The lowest BCUT2D eigenvalue weighted by molar-refractivity contribution is 0.0939. The van der Waals surface area contributed by atoms with Crippen LogP contribution in [0, 0.1) is 5.92 Å². The van der Waals surface area contributed by atoms with E-state index >= 15 is 0 Å². The van der Waals surface area contributed by atoms with Crippen LogP contribution in [-0.2, 0) is 0 Å². The average Bonchev–Trinajstić information content (AvgIpc) is 2.28. The molecule has 0 bridgehead atoms. The molecule has 0 fully saturated rings. The highest BCUT2D eigenvalue weighted by Gasteiger charge is 2.11. The van der Waals surface area contributed by atoms with Crippen LogP contribution in [-0.4, -0.2) is 28.8 Å². The Hall–Kier alpha value is -1.26. The maximum atomic E-state index is 11.8. The third-order valence-electron chi connectivity index (χ3n) is 2.56. The second-order valence-corrected chi connectivity index (χ2v) is 4.97. The fraction of sp³-hybridized carbons (Fsp3) is 0.462. The third-order valence-corrected chi connectivity index (χ3v) is 2.87. The molecule has 1 rings (SSSR count). The second kappa shape index (κ2) is 6.61. The van der Waals surface area contributed by atoms with Gasteiger partial charge in [-0.15, -0.1) is 0 Å². The molecule has 0 aliphatic heterocycles. The van der Waals surface area contributed by atoms with Crippen LogP contribution in [0.3, 0.4) is 0 Å². The number of aliphatic hydroxyl groups excluding tert-OH is 1. The summed E-state index contributed by atoms with van der Waals surface area (Å²) >= 11 is 5.73. The molecule has 2 atom stereocenters. The molecule has 18 heavy (non-hydrogen) atoms. The van der Waals surface area contributed by atoms with E-state index in [0.717, 1.165) is 0 Å². The van der Waals surface area contributed by atoms with E-state index < -0.39 is 0 Å². The molecular formula is C13H18ClNO3. The van der Waals surface area contributed by atoms with Gasteiger partial charge >= 0.3 is 0 Å². The molecule has 1 amide bonds. The molecule has 0 saturated carbocycles. The summed E-state index contributed by atoms with van der Waals surface area (Å²) in [4.78, 5) is 11.8. The molecule has 0 radical (unpaired) electrons. The number of rotatable bonds is 5. The summed E-state index contributed by atoms with van der Waals surface area (Å²) in [5.41, 5.74) is 0.405. The van der Waals surface area contributed by atoms with E-state index in [1.807, 2.05) is 6.92 Å². The highest BCUT2D eigenvalue weighted by molar-refractivity contribution is 6.32. The van der Waals surface area contributed by atoms with Gasteiger partial charge < -0.3 is 15.5 Å². The Bertz CT molecular complexity index is 421. The number of amides is 1. The Balaban J connectivity index is 2.52. The number of hydrogen-bond donors (Lipinski definition) is 3. The predicted octanol–water partition coefficient (Wildman–Crippen LogP) is 2.18. The van der Waals surface area contributed by atoms with Gasteiger partial charge in [0.05, 0.1) is 11.1 Å². The minimum Gasteiger partial charge on any atom is -0.506 e. The SMILES string of the molecule is CC(O)CC(C)CNC(=O)c1ccc(O)c(Cl)c1. The van der Waals surface area contributed by atoms with E-state index in [9.17, 15) is 15.0 Å². The first-order chi connectivity index (χ1) is 8.40. The zero-order valence-electron chi connectivity index (χ0n) is 10.5. The molecule has 0 saturated heterocycles. The molecule has 1 aromatic carbocycles. The van der Waals surface area contributed by atoms with Gasteiger partial charge in [0.1, 0.15) is 5.75 Å².